The van der Waals surface area contributed by atoms with E-state index < -0.39 is 21.7 Å². The van der Waals surface area contributed by atoms with Gasteiger partial charge in [-0.05, 0) is 73.7 Å². The van der Waals surface area contributed by atoms with Crippen LogP contribution in [0.1, 0.15) is 17.3 Å². The van der Waals surface area contributed by atoms with Crippen molar-refractivity contribution in [2.75, 3.05) is 4.72 Å². The Hall–Kier alpha value is -2.82. The summed E-state index contributed by atoms with van der Waals surface area (Å²) in [6.07, 6.45) is 0. The Morgan fingerprint density at radius 2 is 1.78 bits per heavy atom. The summed E-state index contributed by atoms with van der Waals surface area (Å²) in [6, 6.07) is 16.4. The topological polar surface area (TPSA) is 80.5 Å². The number of amides is 1. The van der Waals surface area contributed by atoms with E-state index in [0.29, 0.717) is 16.9 Å². The number of nitrogens with one attached hydrogen (secondary N) is 1. The van der Waals surface area contributed by atoms with Crippen molar-refractivity contribution in [3.8, 4) is 0 Å². The number of carbonyl (C=O) groups excluding carboxylic acids is 1. The molecular formula is C22H17BrFN3O3S2. The molecule has 0 fully saturated rings. The Morgan fingerprint density at radius 3 is 2.44 bits per heavy atom. The van der Waals surface area contributed by atoms with Crippen molar-refractivity contribution in [1.82, 2.24) is 4.57 Å². The molecule has 0 unspecified atom stereocenters. The highest BCUT2D eigenvalue weighted by Gasteiger charge is 2.15. The van der Waals surface area contributed by atoms with E-state index in [4.69, 9.17) is 0 Å². The van der Waals surface area contributed by atoms with Crippen LogP contribution in [0.15, 0.2) is 81.1 Å². The number of rotatable bonds is 5. The van der Waals surface area contributed by atoms with Gasteiger partial charge in [0.25, 0.3) is 15.9 Å². The van der Waals surface area contributed by atoms with E-state index >= 15 is 0 Å². The number of carbonyl (C=O) groups is 1. The second-order valence-electron chi connectivity index (χ2n) is 6.79. The van der Waals surface area contributed by atoms with Gasteiger partial charge >= 0.3 is 0 Å². The lowest BCUT2D eigenvalue weighted by Gasteiger charge is -2.08. The molecule has 0 aliphatic heterocycles. The molecule has 0 aliphatic carbocycles. The largest absolute Gasteiger partial charge is 0.317 e. The lowest BCUT2D eigenvalue weighted by Crippen LogP contribution is -2.16. The van der Waals surface area contributed by atoms with Gasteiger partial charge in [0.2, 0.25) is 0 Å². The van der Waals surface area contributed by atoms with Gasteiger partial charge in [-0.25, -0.2) is 12.8 Å². The van der Waals surface area contributed by atoms with Crippen LogP contribution in [0.4, 0.5) is 10.1 Å². The second kappa shape index (κ2) is 8.97. The summed E-state index contributed by atoms with van der Waals surface area (Å²) < 4.78 is 44.2. The molecular weight excluding hydrogens is 517 g/mol. The zero-order valence-electron chi connectivity index (χ0n) is 16.7. The van der Waals surface area contributed by atoms with E-state index in [1.54, 1.807) is 0 Å². The first-order valence-corrected chi connectivity index (χ1v) is 12.6. The van der Waals surface area contributed by atoms with Gasteiger partial charge in [-0.15, -0.1) is 0 Å². The molecule has 1 amide bonds. The zero-order valence-corrected chi connectivity index (χ0v) is 20.0. The van der Waals surface area contributed by atoms with Gasteiger partial charge < -0.3 is 4.57 Å². The SMILES string of the molecule is CCn1c(=NC(=O)c2ccc(NS(=O)(=O)c3ccc(F)cc3)cc2)sc2cc(Br)ccc21. The van der Waals surface area contributed by atoms with Crippen LogP contribution in [0.25, 0.3) is 10.2 Å². The number of benzene rings is 3. The summed E-state index contributed by atoms with van der Waals surface area (Å²) in [7, 11) is -3.87. The molecule has 0 aliphatic rings. The average Bonchev–Trinajstić information content (AvgIpc) is 3.10. The minimum Gasteiger partial charge on any atom is -0.317 e. The highest BCUT2D eigenvalue weighted by molar-refractivity contribution is 9.10. The summed E-state index contributed by atoms with van der Waals surface area (Å²) in [4.78, 5) is 17.5. The number of nitrogens with zero attached hydrogens (tertiary/aromatic N) is 2. The molecule has 0 atom stereocenters. The fourth-order valence-electron chi connectivity index (χ4n) is 3.10. The molecule has 0 radical (unpaired) electrons. The maximum absolute atomic E-state index is 13.0. The first-order valence-electron chi connectivity index (χ1n) is 9.53. The van der Waals surface area contributed by atoms with Gasteiger partial charge in [-0.1, -0.05) is 27.3 Å². The number of aromatic nitrogens is 1. The predicted octanol–water partition coefficient (Wildman–Crippen LogP) is 5.17. The molecule has 10 heteroatoms. The van der Waals surface area contributed by atoms with Gasteiger partial charge in [-0.2, -0.15) is 4.99 Å². The minimum absolute atomic E-state index is 0.0606. The van der Waals surface area contributed by atoms with Crippen LogP contribution in [-0.2, 0) is 16.6 Å². The number of sulfonamides is 1. The number of halogens is 2. The Morgan fingerprint density at radius 1 is 1.09 bits per heavy atom. The number of anilines is 1. The number of fused-ring (bicyclic) bond motifs is 1. The van der Waals surface area contributed by atoms with Crippen molar-refractivity contribution in [1.29, 1.82) is 0 Å². The molecule has 1 heterocycles. The van der Waals surface area contributed by atoms with Crippen molar-refractivity contribution >= 4 is 59.1 Å². The average molecular weight is 534 g/mol. The van der Waals surface area contributed by atoms with Gasteiger partial charge in [0.05, 0.1) is 15.1 Å². The number of thiazole rings is 1. The van der Waals surface area contributed by atoms with Gasteiger partial charge in [-0.3, -0.25) is 9.52 Å². The third-order valence-corrected chi connectivity index (χ3v) is 7.60. The Kier molecular flexibility index (Phi) is 6.27. The predicted molar refractivity (Wildman–Crippen MR) is 127 cm³/mol. The molecule has 1 N–H and O–H groups in total. The van der Waals surface area contributed by atoms with Crippen LogP contribution in [0.2, 0.25) is 0 Å². The van der Waals surface area contributed by atoms with Crippen molar-refractivity contribution in [2.24, 2.45) is 4.99 Å². The third-order valence-electron chi connectivity index (χ3n) is 4.67. The molecule has 3 aromatic carbocycles. The maximum atomic E-state index is 13.0. The third kappa shape index (κ3) is 4.67. The highest BCUT2D eigenvalue weighted by Crippen LogP contribution is 2.22. The molecule has 0 saturated carbocycles. The lowest BCUT2D eigenvalue weighted by molar-refractivity contribution is 0.0998. The van der Waals surface area contributed by atoms with Crippen LogP contribution in [0.3, 0.4) is 0 Å². The minimum atomic E-state index is -3.87. The number of hydrogen-bond donors (Lipinski definition) is 1. The maximum Gasteiger partial charge on any atom is 0.279 e. The second-order valence-corrected chi connectivity index (χ2v) is 10.4. The fraction of sp³-hybridized carbons (Fsp3) is 0.0909. The molecule has 4 rings (SSSR count). The summed E-state index contributed by atoms with van der Waals surface area (Å²) in [5.41, 5.74) is 1.61. The zero-order chi connectivity index (χ0) is 22.9. The van der Waals surface area contributed by atoms with E-state index in [9.17, 15) is 17.6 Å². The van der Waals surface area contributed by atoms with E-state index in [-0.39, 0.29) is 10.6 Å². The van der Waals surface area contributed by atoms with Crippen LogP contribution in [-0.4, -0.2) is 18.9 Å². The van der Waals surface area contributed by atoms with Crippen molar-refractivity contribution in [3.05, 3.63) is 87.4 Å². The number of hydrogen-bond acceptors (Lipinski definition) is 4. The number of aryl methyl sites for hydroxylation is 1. The first-order chi connectivity index (χ1) is 15.3. The van der Waals surface area contributed by atoms with Gasteiger partial charge in [0.1, 0.15) is 5.82 Å². The Labute approximate surface area is 196 Å². The molecule has 4 aromatic rings. The smallest absolute Gasteiger partial charge is 0.279 e. The van der Waals surface area contributed by atoms with Crippen LogP contribution >= 0.6 is 27.3 Å². The summed E-state index contributed by atoms with van der Waals surface area (Å²) in [5, 5.41) is 0. The molecule has 6 nitrogen and oxygen atoms in total. The monoisotopic (exact) mass is 533 g/mol. The quantitative estimate of drug-likeness (QED) is 0.384. The van der Waals surface area contributed by atoms with Gasteiger partial charge in [0, 0.05) is 22.3 Å². The molecule has 0 spiro atoms. The molecule has 0 bridgehead atoms. The molecule has 164 valence electrons. The van der Waals surface area contributed by atoms with Crippen LogP contribution in [0, 0.1) is 5.82 Å². The molecule has 0 saturated heterocycles. The van der Waals surface area contributed by atoms with E-state index in [1.807, 2.05) is 29.7 Å². The summed E-state index contributed by atoms with van der Waals surface area (Å²) >= 11 is 4.88. The Balaban J connectivity index is 1.59. The van der Waals surface area contributed by atoms with E-state index in [1.165, 1.54) is 47.7 Å². The Bertz CT molecular complexity index is 1480. The van der Waals surface area contributed by atoms with Crippen LogP contribution in [0.5, 0.6) is 0 Å². The molecule has 32 heavy (non-hydrogen) atoms. The van der Waals surface area contributed by atoms with Gasteiger partial charge in [0.15, 0.2) is 4.80 Å². The normalized spacial score (nSPS) is 12.3. The highest BCUT2D eigenvalue weighted by atomic mass is 79.9. The van der Waals surface area contributed by atoms with Crippen molar-refractivity contribution in [3.63, 3.8) is 0 Å². The summed E-state index contributed by atoms with van der Waals surface area (Å²) in [5.74, 6) is -0.947. The van der Waals surface area contributed by atoms with Crippen molar-refractivity contribution in [2.45, 2.75) is 18.4 Å². The lowest BCUT2D eigenvalue weighted by atomic mass is 10.2. The van der Waals surface area contributed by atoms with E-state index in [2.05, 4.69) is 25.6 Å². The fourth-order valence-corrected chi connectivity index (χ4v) is 5.80. The van der Waals surface area contributed by atoms with Crippen LogP contribution < -0.4 is 9.52 Å². The standard InChI is InChI=1S/C22H17BrFN3O3S2/c1-2-27-19-12-5-15(23)13-20(19)31-22(27)25-21(28)14-3-8-17(9-4-14)26-32(29,30)18-10-6-16(24)7-11-18/h3-13,26H,2H2,1H3. The van der Waals surface area contributed by atoms with Crippen molar-refractivity contribution < 1.29 is 17.6 Å². The molecule has 1 aromatic heterocycles. The summed E-state index contributed by atoms with van der Waals surface area (Å²) in [6.45, 7) is 2.65. The first kappa shape index (κ1) is 22.4. The van der Waals surface area contributed by atoms with E-state index in [0.717, 1.165) is 26.8 Å².